The molecule has 0 radical (unpaired) electrons. The molecule has 0 saturated heterocycles. The van der Waals surface area contributed by atoms with E-state index >= 15 is 0 Å². The molecule has 1 aromatic carbocycles. The van der Waals surface area contributed by atoms with Crippen LogP contribution in [-0.2, 0) is 6.42 Å². The fraction of sp³-hybridized carbons (Fsp3) is 0.200. The average Bonchev–Trinajstić information content (AvgIpc) is 3.05. The Kier molecular flexibility index (Phi) is 3.35. The number of hydrogen-bond donors (Lipinski definition) is 2. The van der Waals surface area contributed by atoms with Crippen LogP contribution < -0.4 is 5.32 Å². The largest absolute Gasteiger partial charge is 0.478 e. The van der Waals surface area contributed by atoms with E-state index in [2.05, 4.69) is 10.3 Å². The van der Waals surface area contributed by atoms with E-state index in [0.29, 0.717) is 23.5 Å². The van der Waals surface area contributed by atoms with Crippen molar-refractivity contribution in [3.63, 3.8) is 0 Å². The van der Waals surface area contributed by atoms with Gasteiger partial charge < -0.3 is 19.3 Å². The summed E-state index contributed by atoms with van der Waals surface area (Å²) in [6.45, 7) is 1.99. The van der Waals surface area contributed by atoms with Gasteiger partial charge in [-0.15, -0.1) is 0 Å². The van der Waals surface area contributed by atoms with Crippen molar-refractivity contribution in [2.24, 2.45) is 0 Å². The Balaban J connectivity index is 1.76. The lowest BCUT2D eigenvalue weighted by molar-refractivity contribution is 0.0697. The second-order valence-electron chi connectivity index (χ2n) is 4.84. The van der Waals surface area contributed by atoms with Gasteiger partial charge >= 0.3 is 5.97 Å². The summed E-state index contributed by atoms with van der Waals surface area (Å²) in [7, 11) is 0. The zero-order valence-electron chi connectivity index (χ0n) is 11.4. The van der Waals surface area contributed by atoms with Gasteiger partial charge in [-0.25, -0.2) is 4.79 Å². The topological polar surface area (TPSA) is 88.5 Å². The van der Waals surface area contributed by atoms with Gasteiger partial charge in [-0.1, -0.05) is 0 Å². The molecule has 0 bridgehead atoms. The van der Waals surface area contributed by atoms with E-state index in [1.54, 1.807) is 12.3 Å². The summed E-state index contributed by atoms with van der Waals surface area (Å²) in [5, 5.41) is 12.1. The lowest BCUT2D eigenvalue weighted by Crippen LogP contribution is -2.17. The fourth-order valence-electron chi connectivity index (χ4n) is 2.11. The number of benzene rings is 1. The summed E-state index contributed by atoms with van der Waals surface area (Å²) < 4.78 is 10.8. The maximum Gasteiger partial charge on any atom is 0.335 e. The molecule has 21 heavy (non-hydrogen) atoms. The van der Waals surface area contributed by atoms with Crippen LogP contribution >= 0.6 is 0 Å². The fourth-order valence-corrected chi connectivity index (χ4v) is 2.11. The third-order valence-electron chi connectivity index (χ3n) is 3.09. The molecular weight excluding hydrogens is 272 g/mol. The molecule has 0 amide bonds. The van der Waals surface area contributed by atoms with Gasteiger partial charge in [0.2, 0.25) is 0 Å². The lowest BCUT2D eigenvalue weighted by Gasteiger charge is -2.09. The Bertz CT molecular complexity index is 761. The number of carboxylic acids is 1. The van der Waals surface area contributed by atoms with Gasteiger partial charge in [-0.2, -0.15) is 4.98 Å². The first-order valence-corrected chi connectivity index (χ1v) is 6.54. The van der Waals surface area contributed by atoms with Crippen molar-refractivity contribution < 1.29 is 18.7 Å². The minimum Gasteiger partial charge on any atom is -0.478 e. The molecule has 0 aliphatic rings. The number of furan rings is 1. The highest BCUT2D eigenvalue weighted by Gasteiger charge is 2.12. The molecule has 2 N–H and O–H groups in total. The first kappa shape index (κ1) is 13.2. The summed E-state index contributed by atoms with van der Waals surface area (Å²) in [6, 6.07) is 8.79. The predicted molar refractivity (Wildman–Crippen MR) is 76.5 cm³/mol. The predicted octanol–water partition coefficient (Wildman–Crippen LogP) is 3.16. The highest BCUT2D eigenvalue weighted by molar-refractivity contribution is 5.92. The second-order valence-corrected chi connectivity index (χ2v) is 4.84. The van der Waals surface area contributed by atoms with E-state index in [0.717, 1.165) is 5.76 Å². The number of aromatic nitrogens is 1. The highest BCUT2D eigenvalue weighted by atomic mass is 16.4. The van der Waals surface area contributed by atoms with Gasteiger partial charge in [0.25, 0.3) is 6.01 Å². The lowest BCUT2D eigenvalue weighted by atomic mass is 10.2. The van der Waals surface area contributed by atoms with Crippen molar-refractivity contribution >= 4 is 23.1 Å². The first-order valence-electron chi connectivity index (χ1n) is 6.54. The Labute approximate surface area is 120 Å². The molecule has 0 aliphatic heterocycles. The second kappa shape index (κ2) is 5.32. The van der Waals surface area contributed by atoms with Gasteiger partial charge in [0.05, 0.1) is 11.8 Å². The van der Waals surface area contributed by atoms with Crippen molar-refractivity contribution in [3.05, 3.63) is 47.9 Å². The van der Waals surface area contributed by atoms with Crippen LogP contribution in [0.25, 0.3) is 11.1 Å². The number of hydrogen-bond acceptors (Lipinski definition) is 5. The molecule has 0 saturated carbocycles. The summed E-state index contributed by atoms with van der Waals surface area (Å²) >= 11 is 0. The van der Waals surface area contributed by atoms with Crippen molar-refractivity contribution in [1.82, 2.24) is 4.98 Å². The quantitative estimate of drug-likeness (QED) is 0.749. The third kappa shape index (κ3) is 2.89. The first-order chi connectivity index (χ1) is 10.1. The van der Waals surface area contributed by atoms with Crippen LogP contribution in [0.5, 0.6) is 0 Å². The summed E-state index contributed by atoms with van der Waals surface area (Å²) in [4.78, 5) is 15.2. The smallest absolute Gasteiger partial charge is 0.335 e. The number of aromatic carboxylic acids is 1. The number of nitrogens with zero attached hydrogens (tertiary/aromatic N) is 1. The molecule has 0 aliphatic carbocycles. The highest BCUT2D eigenvalue weighted by Crippen LogP contribution is 2.21. The molecule has 0 fully saturated rings. The van der Waals surface area contributed by atoms with E-state index < -0.39 is 5.97 Å². The van der Waals surface area contributed by atoms with E-state index in [1.165, 1.54) is 12.1 Å². The minimum atomic E-state index is -0.992. The van der Waals surface area contributed by atoms with Crippen molar-refractivity contribution in [2.75, 3.05) is 5.32 Å². The zero-order valence-corrected chi connectivity index (χ0v) is 11.4. The Morgan fingerprint density at radius 1 is 1.43 bits per heavy atom. The number of carbonyl (C=O) groups is 1. The number of fused-ring (bicyclic) bond motifs is 1. The van der Waals surface area contributed by atoms with Crippen LogP contribution in [0.15, 0.2) is 45.4 Å². The van der Waals surface area contributed by atoms with Gasteiger partial charge in [-0.05, 0) is 37.3 Å². The van der Waals surface area contributed by atoms with Crippen LogP contribution in [0.1, 0.15) is 23.0 Å². The van der Waals surface area contributed by atoms with Crippen molar-refractivity contribution in [1.29, 1.82) is 0 Å². The molecule has 3 aromatic rings. The molecule has 0 spiro atoms. The maximum atomic E-state index is 10.9. The molecule has 2 heterocycles. The average molecular weight is 286 g/mol. The van der Waals surface area contributed by atoms with Crippen LogP contribution in [0, 0.1) is 0 Å². The Morgan fingerprint density at radius 3 is 3.00 bits per heavy atom. The monoisotopic (exact) mass is 286 g/mol. The molecule has 1 unspecified atom stereocenters. The van der Waals surface area contributed by atoms with Crippen LogP contribution in [0.2, 0.25) is 0 Å². The summed E-state index contributed by atoms with van der Waals surface area (Å²) in [5.74, 6) is -0.117. The molecule has 1 atom stereocenters. The summed E-state index contributed by atoms with van der Waals surface area (Å²) in [5.41, 5.74) is 1.24. The van der Waals surface area contributed by atoms with E-state index in [9.17, 15) is 4.79 Å². The van der Waals surface area contributed by atoms with E-state index in [-0.39, 0.29) is 11.6 Å². The normalized spacial score (nSPS) is 12.4. The molecule has 2 aromatic heterocycles. The molecule has 108 valence electrons. The van der Waals surface area contributed by atoms with Gasteiger partial charge in [-0.3, -0.25) is 0 Å². The summed E-state index contributed by atoms with van der Waals surface area (Å²) in [6.07, 6.45) is 2.33. The van der Waals surface area contributed by atoms with Crippen LogP contribution in [0.4, 0.5) is 6.01 Å². The van der Waals surface area contributed by atoms with Crippen LogP contribution in [-0.4, -0.2) is 22.1 Å². The Morgan fingerprint density at radius 2 is 2.29 bits per heavy atom. The van der Waals surface area contributed by atoms with Gasteiger partial charge in [0.15, 0.2) is 5.58 Å². The number of carboxylic acid groups (broad SMARTS) is 1. The van der Waals surface area contributed by atoms with E-state index in [4.69, 9.17) is 13.9 Å². The van der Waals surface area contributed by atoms with Crippen molar-refractivity contribution in [3.8, 4) is 0 Å². The molecular formula is C15H14N2O4. The maximum absolute atomic E-state index is 10.9. The third-order valence-corrected chi connectivity index (χ3v) is 3.09. The minimum absolute atomic E-state index is 0.0724. The standard InChI is InChI=1S/C15H14N2O4/c1-9(7-11-3-2-6-20-11)16-15-17-12-5-4-10(14(18)19)8-13(12)21-15/h2-6,8-9H,7H2,1H3,(H,16,17)(H,18,19). The van der Waals surface area contributed by atoms with E-state index in [1.807, 2.05) is 19.1 Å². The SMILES string of the molecule is CC(Cc1ccco1)Nc1nc2ccc(C(=O)O)cc2o1. The molecule has 3 rings (SSSR count). The van der Waals surface area contributed by atoms with Crippen LogP contribution in [0.3, 0.4) is 0 Å². The number of rotatable bonds is 5. The van der Waals surface area contributed by atoms with Gasteiger partial charge in [0.1, 0.15) is 11.3 Å². The molecule has 6 heteroatoms. The number of oxazole rings is 1. The Hall–Kier alpha value is -2.76. The van der Waals surface area contributed by atoms with Crippen molar-refractivity contribution in [2.45, 2.75) is 19.4 Å². The zero-order chi connectivity index (χ0) is 14.8. The number of nitrogens with one attached hydrogen (secondary N) is 1. The van der Waals surface area contributed by atoms with Gasteiger partial charge in [0, 0.05) is 12.5 Å². The number of anilines is 1. The molecule has 6 nitrogen and oxygen atoms in total.